The molecule has 1 fully saturated rings. The van der Waals surface area contributed by atoms with Crippen LogP contribution < -0.4 is 4.90 Å². The predicted octanol–water partition coefficient (Wildman–Crippen LogP) is 2.07. The minimum absolute atomic E-state index is 0.201. The van der Waals surface area contributed by atoms with Gasteiger partial charge in [0, 0.05) is 12.5 Å². The van der Waals surface area contributed by atoms with Gasteiger partial charge >= 0.3 is 5.97 Å². The van der Waals surface area contributed by atoms with Crippen LogP contribution in [0.25, 0.3) is 6.08 Å². The number of anilines is 1. The minimum atomic E-state index is -1.03. The fraction of sp³-hybridized carbons (Fsp3) is 0.267. The molecule has 0 bridgehead atoms. The molecule has 1 N–H and O–H groups in total. The lowest BCUT2D eigenvalue weighted by Gasteiger charge is -2.17. The Balaban J connectivity index is 2.25. The molecule has 1 aromatic rings. The third-order valence-electron chi connectivity index (χ3n) is 3.19. The highest BCUT2D eigenvalue weighted by atomic mass is 16.4. The van der Waals surface area contributed by atoms with Crippen LogP contribution in [-0.4, -0.2) is 22.9 Å². The molecule has 1 aliphatic rings. The number of carboxylic acids is 1. The van der Waals surface area contributed by atoms with Gasteiger partial charge in [-0.2, -0.15) is 0 Å². The first-order valence-electron chi connectivity index (χ1n) is 6.20. The van der Waals surface area contributed by atoms with E-state index in [9.17, 15) is 14.4 Å². The molecule has 1 saturated heterocycles. The number of benzene rings is 1. The normalized spacial score (nSPS) is 18.0. The van der Waals surface area contributed by atoms with Gasteiger partial charge in [-0.1, -0.05) is 26.0 Å². The highest BCUT2D eigenvalue weighted by molar-refractivity contribution is 6.22. The second kappa shape index (κ2) is 4.92. The molecule has 5 heteroatoms. The zero-order valence-electron chi connectivity index (χ0n) is 11.3. The molecular formula is C15H15NO4. The first kappa shape index (κ1) is 14.0. The Morgan fingerprint density at radius 3 is 2.30 bits per heavy atom. The van der Waals surface area contributed by atoms with Crippen molar-refractivity contribution in [1.82, 2.24) is 0 Å². The van der Waals surface area contributed by atoms with Crippen LogP contribution in [0.2, 0.25) is 0 Å². The van der Waals surface area contributed by atoms with Gasteiger partial charge in [0.1, 0.15) is 0 Å². The molecule has 0 radical (unpaired) electrons. The lowest BCUT2D eigenvalue weighted by Crippen LogP contribution is -2.32. The fourth-order valence-corrected chi connectivity index (χ4v) is 2.11. The van der Waals surface area contributed by atoms with Gasteiger partial charge in [-0.15, -0.1) is 0 Å². The predicted molar refractivity (Wildman–Crippen MR) is 74.0 cm³/mol. The molecule has 20 heavy (non-hydrogen) atoms. The van der Waals surface area contributed by atoms with Crippen LogP contribution in [-0.2, 0) is 14.4 Å². The number of carboxylic acid groups (broad SMARTS) is 1. The van der Waals surface area contributed by atoms with E-state index in [1.807, 2.05) is 0 Å². The Morgan fingerprint density at radius 2 is 1.85 bits per heavy atom. The summed E-state index contributed by atoms with van der Waals surface area (Å²) >= 11 is 0. The smallest absolute Gasteiger partial charge is 0.328 e. The molecule has 104 valence electrons. The SMILES string of the molecule is CC1(C)CC(=O)N(c2ccc(C=CC(=O)O)cc2)C1=O. The van der Waals surface area contributed by atoms with Crippen LogP contribution in [0.4, 0.5) is 5.69 Å². The monoisotopic (exact) mass is 273 g/mol. The van der Waals surface area contributed by atoms with Crippen molar-refractivity contribution < 1.29 is 19.5 Å². The van der Waals surface area contributed by atoms with Crippen molar-refractivity contribution in [2.75, 3.05) is 4.90 Å². The standard InChI is InChI=1S/C15H15NO4/c1-15(2)9-12(17)16(14(15)20)11-6-3-10(4-7-11)5-8-13(18)19/h3-8H,9H2,1-2H3,(H,18,19). The molecule has 0 aliphatic carbocycles. The van der Waals surface area contributed by atoms with Gasteiger partial charge in [0.25, 0.3) is 0 Å². The summed E-state index contributed by atoms with van der Waals surface area (Å²) < 4.78 is 0. The van der Waals surface area contributed by atoms with Gasteiger partial charge in [0.2, 0.25) is 11.8 Å². The van der Waals surface area contributed by atoms with Crippen LogP contribution in [0.15, 0.2) is 30.3 Å². The molecule has 0 unspecified atom stereocenters. The first-order chi connectivity index (χ1) is 9.31. The minimum Gasteiger partial charge on any atom is -0.478 e. The summed E-state index contributed by atoms with van der Waals surface area (Å²) in [5, 5.41) is 8.54. The van der Waals surface area contributed by atoms with E-state index in [1.54, 1.807) is 38.1 Å². The molecule has 1 aromatic carbocycles. The van der Waals surface area contributed by atoms with E-state index in [2.05, 4.69) is 0 Å². The summed E-state index contributed by atoms with van der Waals surface area (Å²) in [6.45, 7) is 3.49. The van der Waals surface area contributed by atoms with Gasteiger partial charge in [-0.25, -0.2) is 4.79 Å². The molecule has 0 aromatic heterocycles. The summed E-state index contributed by atoms with van der Waals surface area (Å²) in [4.78, 5) is 35.7. The molecular weight excluding hydrogens is 258 g/mol. The van der Waals surface area contributed by atoms with Crippen LogP contribution in [0.5, 0.6) is 0 Å². The Labute approximate surface area is 116 Å². The maximum absolute atomic E-state index is 12.2. The fourth-order valence-electron chi connectivity index (χ4n) is 2.11. The van der Waals surface area contributed by atoms with Gasteiger partial charge in [-0.3, -0.25) is 14.5 Å². The lowest BCUT2D eigenvalue weighted by atomic mass is 9.92. The van der Waals surface area contributed by atoms with Crippen LogP contribution in [0, 0.1) is 5.41 Å². The van der Waals surface area contributed by atoms with Gasteiger partial charge in [-0.05, 0) is 23.8 Å². The largest absolute Gasteiger partial charge is 0.478 e. The average Bonchev–Trinajstić information content (AvgIpc) is 2.57. The number of aliphatic carboxylic acids is 1. The number of amides is 2. The van der Waals surface area contributed by atoms with E-state index in [4.69, 9.17) is 5.11 Å². The van der Waals surface area contributed by atoms with E-state index < -0.39 is 11.4 Å². The number of nitrogens with zero attached hydrogens (tertiary/aromatic N) is 1. The van der Waals surface area contributed by atoms with Crippen LogP contribution >= 0.6 is 0 Å². The molecule has 1 heterocycles. The van der Waals surface area contributed by atoms with Crippen LogP contribution in [0.3, 0.4) is 0 Å². The molecule has 5 nitrogen and oxygen atoms in total. The van der Waals surface area contributed by atoms with Gasteiger partial charge in [0.05, 0.1) is 11.1 Å². The Kier molecular flexibility index (Phi) is 3.44. The first-order valence-corrected chi connectivity index (χ1v) is 6.20. The second-order valence-electron chi connectivity index (χ2n) is 5.36. The van der Waals surface area contributed by atoms with Gasteiger partial charge in [0.15, 0.2) is 0 Å². The summed E-state index contributed by atoms with van der Waals surface area (Å²) in [5.41, 5.74) is 0.534. The maximum Gasteiger partial charge on any atom is 0.328 e. The van der Waals surface area contributed by atoms with Crippen LogP contribution in [0.1, 0.15) is 25.8 Å². The van der Waals surface area contributed by atoms with Crippen molar-refractivity contribution in [2.24, 2.45) is 5.41 Å². The number of carbonyl (C=O) groups excluding carboxylic acids is 2. The number of hydrogen-bond donors (Lipinski definition) is 1. The van der Waals surface area contributed by atoms with Crippen molar-refractivity contribution in [3.63, 3.8) is 0 Å². The van der Waals surface area contributed by atoms with E-state index in [0.717, 1.165) is 6.08 Å². The summed E-state index contributed by atoms with van der Waals surface area (Å²) in [6, 6.07) is 6.61. The average molecular weight is 273 g/mol. The highest BCUT2D eigenvalue weighted by Crippen LogP contribution is 2.35. The molecule has 0 saturated carbocycles. The summed E-state index contributed by atoms with van der Waals surface area (Å²) in [7, 11) is 0. The Hall–Kier alpha value is -2.43. The Bertz CT molecular complexity index is 599. The molecule has 2 amide bonds. The highest BCUT2D eigenvalue weighted by Gasteiger charge is 2.45. The second-order valence-corrected chi connectivity index (χ2v) is 5.36. The quantitative estimate of drug-likeness (QED) is 0.675. The van der Waals surface area contributed by atoms with E-state index in [0.29, 0.717) is 11.3 Å². The lowest BCUT2D eigenvalue weighted by molar-refractivity contribution is -0.131. The van der Waals surface area contributed by atoms with Crippen molar-refractivity contribution in [1.29, 1.82) is 0 Å². The van der Waals surface area contributed by atoms with Gasteiger partial charge < -0.3 is 5.11 Å². The third kappa shape index (κ3) is 2.61. The van der Waals surface area contributed by atoms with Crippen molar-refractivity contribution in [3.05, 3.63) is 35.9 Å². The zero-order valence-corrected chi connectivity index (χ0v) is 11.3. The maximum atomic E-state index is 12.2. The Morgan fingerprint density at radius 1 is 1.25 bits per heavy atom. The zero-order chi connectivity index (χ0) is 14.9. The number of imide groups is 1. The van der Waals surface area contributed by atoms with Crippen molar-refractivity contribution in [2.45, 2.75) is 20.3 Å². The summed E-state index contributed by atoms with van der Waals surface area (Å²) in [6.07, 6.45) is 2.68. The number of rotatable bonds is 3. The number of carbonyl (C=O) groups is 3. The topological polar surface area (TPSA) is 74.7 Å². The molecule has 2 rings (SSSR count). The third-order valence-corrected chi connectivity index (χ3v) is 3.19. The van der Waals surface area contributed by atoms with Crippen molar-refractivity contribution in [3.8, 4) is 0 Å². The summed E-state index contributed by atoms with van der Waals surface area (Å²) in [5.74, 6) is -1.45. The number of hydrogen-bond acceptors (Lipinski definition) is 3. The molecule has 0 atom stereocenters. The van der Waals surface area contributed by atoms with E-state index in [1.165, 1.54) is 11.0 Å². The molecule has 1 aliphatic heterocycles. The van der Waals surface area contributed by atoms with E-state index >= 15 is 0 Å². The molecule has 0 spiro atoms. The van der Waals surface area contributed by atoms with Crippen molar-refractivity contribution >= 4 is 29.5 Å². The van der Waals surface area contributed by atoms with E-state index in [-0.39, 0.29) is 18.2 Å².